The molecule has 1 aliphatic rings. The first-order valence-electron chi connectivity index (χ1n) is 11.2. The zero-order valence-electron chi connectivity index (χ0n) is 19.6. The molecule has 1 aliphatic carbocycles. The molecule has 0 saturated heterocycles. The molecule has 2 aromatic carbocycles. The van der Waals surface area contributed by atoms with Gasteiger partial charge in [-0.2, -0.15) is 13.5 Å². The number of hydrogen-bond acceptors (Lipinski definition) is 7. The molecule has 0 radical (unpaired) electrons. The predicted octanol–water partition coefficient (Wildman–Crippen LogP) is 4.02. The molecule has 0 spiro atoms. The van der Waals surface area contributed by atoms with Crippen LogP contribution < -0.4 is 25.9 Å². The minimum Gasteiger partial charge on any atom is -0.420 e. The fraction of sp³-hybridized carbons (Fsp3) is 0.208. The number of halogens is 2. The number of rotatable bonds is 7. The van der Waals surface area contributed by atoms with Crippen molar-refractivity contribution < 1.29 is 17.2 Å². The second kappa shape index (κ2) is 9.54. The Labute approximate surface area is 224 Å². The van der Waals surface area contributed by atoms with Crippen LogP contribution in [0.1, 0.15) is 24.4 Å². The summed E-state index contributed by atoms with van der Waals surface area (Å²) >= 11 is 1.99. The normalized spacial score (nSPS) is 13.6. The highest BCUT2D eigenvalue weighted by Gasteiger charge is 2.30. The highest BCUT2D eigenvalue weighted by Crippen LogP contribution is 2.37. The van der Waals surface area contributed by atoms with Crippen molar-refractivity contribution in [1.82, 2.24) is 14.5 Å². The van der Waals surface area contributed by atoms with Gasteiger partial charge in [-0.1, -0.05) is 12.1 Å². The lowest BCUT2D eigenvalue weighted by Gasteiger charge is -2.16. The molecular weight excluding hydrogens is 616 g/mol. The van der Waals surface area contributed by atoms with E-state index in [1.165, 1.54) is 36.9 Å². The van der Waals surface area contributed by atoms with Crippen molar-refractivity contribution in [1.29, 1.82) is 0 Å². The Morgan fingerprint density at radius 2 is 1.92 bits per heavy atom. The lowest BCUT2D eigenvalue weighted by Crippen LogP contribution is -2.26. The van der Waals surface area contributed by atoms with Crippen LogP contribution in [0.25, 0.3) is 22.2 Å². The SMILES string of the molecule is CNS(=O)(=O)Nc1cccc(-c2nn(C3CC3)c(=O)c3c(Nc4ccc(I)cc4F)c(C)c(=O)oc23)c1. The van der Waals surface area contributed by atoms with Crippen LogP contribution in [0.15, 0.2) is 56.5 Å². The van der Waals surface area contributed by atoms with E-state index in [0.29, 0.717) is 9.13 Å². The van der Waals surface area contributed by atoms with Crippen molar-refractivity contribution >= 4 is 60.8 Å². The van der Waals surface area contributed by atoms with Crippen LogP contribution in [0.2, 0.25) is 0 Å². The maximum Gasteiger partial charge on any atom is 0.341 e. The number of benzene rings is 2. The largest absolute Gasteiger partial charge is 0.420 e. The Kier molecular flexibility index (Phi) is 6.53. The molecular formula is C24H21FIN5O5S. The Morgan fingerprint density at radius 3 is 2.59 bits per heavy atom. The zero-order valence-corrected chi connectivity index (χ0v) is 22.6. The molecule has 3 N–H and O–H groups in total. The van der Waals surface area contributed by atoms with Gasteiger partial charge in [0.1, 0.15) is 16.9 Å². The van der Waals surface area contributed by atoms with Crippen LogP contribution in [0.3, 0.4) is 0 Å². The molecule has 0 unspecified atom stereocenters. The number of nitrogens with zero attached hydrogens (tertiary/aromatic N) is 2. The number of hydrogen-bond donors (Lipinski definition) is 3. The Balaban J connectivity index is 1.78. The van der Waals surface area contributed by atoms with E-state index in [-0.39, 0.29) is 45.3 Å². The molecule has 4 aromatic rings. The molecule has 0 amide bonds. The molecule has 2 aromatic heterocycles. The minimum absolute atomic E-state index is 0.0492. The Bertz CT molecular complexity index is 1780. The number of anilines is 3. The lowest BCUT2D eigenvalue weighted by molar-refractivity contribution is 0.543. The third-order valence-corrected chi connectivity index (χ3v) is 7.65. The van der Waals surface area contributed by atoms with Crippen molar-refractivity contribution in [3.05, 3.63) is 78.2 Å². The summed E-state index contributed by atoms with van der Waals surface area (Å²) in [7, 11) is -2.52. The van der Waals surface area contributed by atoms with E-state index in [1.807, 2.05) is 22.6 Å². The number of aromatic nitrogens is 2. The van der Waals surface area contributed by atoms with Crippen LogP contribution in [-0.2, 0) is 10.2 Å². The second-order valence-electron chi connectivity index (χ2n) is 8.56. The third kappa shape index (κ3) is 4.98. The van der Waals surface area contributed by atoms with Crippen LogP contribution in [-0.4, -0.2) is 25.2 Å². The van der Waals surface area contributed by atoms with Crippen molar-refractivity contribution in [3.8, 4) is 11.3 Å². The van der Waals surface area contributed by atoms with Crippen LogP contribution >= 0.6 is 22.6 Å². The first kappa shape index (κ1) is 25.4. The van der Waals surface area contributed by atoms with Gasteiger partial charge in [0, 0.05) is 16.2 Å². The molecule has 1 fully saturated rings. The van der Waals surface area contributed by atoms with Gasteiger partial charge >= 0.3 is 5.63 Å². The molecule has 5 rings (SSSR count). The van der Waals surface area contributed by atoms with E-state index in [0.717, 1.165) is 12.8 Å². The van der Waals surface area contributed by atoms with Gasteiger partial charge in [-0.05, 0) is 72.7 Å². The van der Waals surface area contributed by atoms with Gasteiger partial charge in [-0.25, -0.2) is 18.6 Å². The van der Waals surface area contributed by atoms with E-state index in [2.05, 4.69) is 19.9 Å². The third-order valence-electron chi connectivity index (χ3n) is 5.94. The van der Waals surface area contributed by atoms with Crippen LogP contribution in [0, 0.1) is 16.3 Å². The van der Waals surface area contributed by atoms with E-state index < -0.39 is 27.2 Å². The summed E-state index contributed by atoms with van der Waals surface area (Å²) in [6.45, 7) is 1.49. The van der Waals surface area contributed by atoms with Crippen LogP contribution in [0.5, 0.6) is 0 Å². The van der Waals surface area contributed by atoms with E-state index in [4.69, 9.17) is 4.42 Å². The smallest absolute Gasteiger partial charge is 0.341 e. The minimum atomic E-state index is -3.79. The Hall–Kier alpha value is -3.30. The summed E-state index contributed by atoms with van der Waals surface area (Å²) in [6.07, 6.45) is 1.51. The van der Waals surface area contributed by atoms with Gasteiger partial charge in [-0.3, -0.25) is 9.52 Å². The van der Waals surface area contributed by atoms with E-state index in [1.54, 1.807) is 24.3 Å². The van der Waals surface area contributed by atoms with Gasteiger partial charge < -0.3 is 9.73 Å². The summed E-state index contributed by atoms with van der Waals surface area (Å²) < 4.78 is 50.9. The summed E-state index contributed by atoms with van der Waals surface area (Å²) in [6, 6.07) is 10.8. The van der Waals surface area contributed by atoms with Crippen molar-refractivity contribution in [2.75, 3.05) is 17.1 Å². The number of nitrogens with one attached hydrogen (secondary N) is 3. The lowest BCUT2D eigenvalue weighted by atomic mass is 10.1. The summed E-state index contributed by atoms with van der Waals surface area (Å²) in [4.78, 5) is 26.5. The zero-order chi connectivity index (χ0) is 26.5. The predicted molar refractivity (Wildman–Crippen MR) is 147 cm³/mol. The van der Waals surface area contributed by atoms with Gasteiger partial charge in [-0.15, -0.1) is 0 Å². The van der Waals surface area contributed by atoms with E-state index in [9.17, 15) is 22.4 Å². The number of fused-ring (bicyclic) bond motifs is 1. The highest BCUT2D eigenvalue weighted by molar-refractivity contribution is 14.1. The topological polar surface area (TPSA) is 135 Å². The Morgan fingerprint density at radius 1 is 1.16 bits per heavy atom. The van der Waals surface area contributed by atoms with Gasteiger partial charge in [0.2, 0.25) is 0 Å². The molecule has 1 saturated carbocycles. The van der Waals surface area contributed by atoms with Gasteiger partial charge in [0.15, 0.2) is 5.58 Å². The first-order chi connectivity index (χ1) is 17.6. The van der Waals surface area contributed by atoms with Crippen molar-refractivity contribution in [2.45, 2.75) is 25.8 Å². The quantitative estimate of drug-likeness (QED) is 0.261. The maximum absolute atomic E-state index is 14.7. The average molecular weight is 637 g/mol. The van der Waals surface area contributed by atoms with E-state index >= 15 is 0 Å². The van der Waals surface area contributed by atoms with Gasteiger partial charge in [0.05, 0.1) is 28.7 Å². The average Bonchev–Trinajstić information content (AvgIpc) is 3.69. The fourth-order valence-corrected chi connectivity index (χ4v) is 4.87. The highest BCUT2D eigenvalue weighted by atomic mass is 127. The fourth-order valence-electron chi connectivity index (χ4n) is 3.88. The second-order valence-corrected chi connectivity index (χ2v) is 11.4. The van der Waals surface area contributed by atoms with Gasteiger partial charge in [0.25, 0.3) is 15.8 Å². The summed E-state index contributed by atoms with van der Waals surface area (Å²) in [5.74, 6) is -0.547. The van der Waals surface area contributed by atoms with Crippen molar-refractivity contribution in [2.24, 2.45) is 0 Å². The monoisotopic (exact) mass is 637 g/mol. The molecule has 10 nitrogen and oxygen atoms in total. The van der Waals surface area contributed by atoms with Crippen LogP contribution in [0.4, 0.5) is 21.5 Å². The molecule has 0 atom stereocenters. The molecule has 13 heteroatoms. The maximum atomic E-state index is 14.7. The molecule has 192 valence electrons. The molecule has 0 aliphatic heterocycles. The molecule has 37 heavy (non-hydrogen) atoms. The molecule has 0 bridgehead atoms. The summed E-state index contributed by atoms with van der Waals surface area (Å²) in [5.41, 5.74) is -0.134. The van der Waals surface area contributed by atoms with Crippen molar-refractivity contribution in [3.63, 3.8) is 0 Å². The standard InChI is InChI=1S/C24H21FIN5O5S/c1-12-20(28-18-9-6-14(26)11-17(18)25)19-22(36-24(12)33)21(29-31(23(19)32)16-7-8-16)13-4-3-5-15(10-13)30-37(34,35)27-2/h3-6,9-11,16,27-28,30H,7-8H2,1-2H3. The molecule has 2 heterocycles. The first-order valence-corrected chi connectivity index (χ1v) is 13.8. The summed E-state index contributed by atoms with van der Waals surface area (Å²) in [5, 5.41) is 7.49.